The van der Waals surface area contributed by atoms with Crippen LogP contribution in [0.4, 0.5) is 4.39 Å². The van der Waals surface area contributed by atoms with Gasteiger partial charge in [-0.2, -0.15) is 9.37 Å². The number of hydrogen-bond acceptors (Lipinski definition) is 3. The summed E-state index contributed by atoms with van der Waals surface area (Å²) in [5, 5.41) is 0. The van der Waals surface area contributed by atoms with Crippen molar-refractivity contribution in [2.24, 2.45) is 0 Å². The second kappa shape index (κ2) is 10.8. The van der Waals surface area contributed by atoms with Crippen LogP contribution in [0.1, 0.15) is 64.4 Å². The van der Waals surface area contributed by atoms with Gasteiger partial charge < -0.3 is 4.74 Å². The molecule has 0 saturated carbocycles. The lowest BCUT2D eigenvalue weighted by molar-refractivity contribution is 0.306. The number of nitrogens with zero attached hydrogens (tertiary/aromatic N) is 2. The van der Waals surface area contributed by atoms with Crippen LogP contribution in [0.25, 0.3) is 11.4 Å². The SMILES string of the molecule is CCCCCCc1cnc(-c2ccc(OCCCCC)cc2)nc1F. The van der Waals surface area contributed by atoms with Gasteiger partial charge in [-0.05, 0) is 43.5 Å². The summed E-state index contributed by atoms with van der Waals surface area (Å²) < 4.78 is 19.9. The van der Waals surface area contributed by atoms with Crippen molar-refractivity contribution in [3.63, 3.8) is 0 Å². The van der Waals surface area contributed by atoms with Gasteiger partial charge in [-0.3, -0.25) is 0 Å². The Kier molecular flexibility index (Phi) is 8.36. The summed E-state index contributed by atoms with van der Waals surface area (Å²) in [4.78, 5) is 8.37. The first-order chi connectivity index (χ1) is 12.2. The Labute approximate surface area is 150 Å². The van der Waals surface area contributed by atoms with E-state index in [-0.39, 0.29) is 0 Å². The van der Waals surface area contributed by atoms with E-state index in [4.69, 9.17) is 4.74 Å². The van der Waals surface area contributed by atoms with Gasteiger partial charge in [0.25, 0.3) is 0 Å². The van der Waals surface area contributed by atoms with Gasteiger partial charge in [0.05, 0.1) is 6.61 Å². The Hall–Kier alpha value is -1.97. The third-order valence-electron chi connectivity index (χ3n) is 4.24. The Morgan fingerprint density at radius 3 is 2.32 bits per heavy atom. The van der Waals surface area contributed by atoms with Crippen LogP contribution < -0.4 is 4.74 Å². The van der Waals surface area contributed by atoms with E-state index >= 15 is 0 Å². The van der Waals surface area contributed by atoms with Gasteiger partial charge in [-0.25, -0.2) is 4.98 Å². The fraction of sp³-hybridized carbons (Fsp3) is 0.524. The molecule has 1 aromatic heterocycles. The minimum Gasteiger partial charge on any atom is -0.494 e. The monoisotopic (exact) mass is 344 g/mol. The molecule has 0 amide bonds. The molecule has 0 radical (unpaired) electrons. The van der Waals surface area contributed by atoms with Crippen LogP contribution in [0, 0.1) is 5.95 Å². The molecular formula is C21H29FN2O. The van der Waals surface area contributed by atoms with Crippen LogP contribution in [0.15, 0.2) is 30.5 Å². The Morgan fingerprint density at radius 1 is 0.920 bits per heavy atom. The first kappa shape index (κ1) is 19.4. The summed E-state index contributed by atoms with van der Waals surface area (Å²) in [6.07, 6.45) is 10.2. The van der Waals surface area contributed by atoms with Crippen LogP contribution in [-0.2, 0) is 6.42 Å². The molecular weight excluding hydrogens is 315 g/mol. The number of benzene rings is 1. The average Bonchev–Trinajstić information content (AvgIpc) is 2.64. The van der Waals surface area contributed by atoms with Crippen molar-refractivity contribution in [2.45, 2.75) is 65.2 Å². The minimum absolute atomic E-state index is 0.401. The third-order valence-corrected chi connectivity index (χ3v) is 4.24. The Balaban J connectivity index is 1.93. The summed E-state index contributed by atoms with van der Waals surface area (Å²) in [5.41, 5.74) is 1.41. The van der Waals surface area contributed by atoms with Gasteiger partial charge in [0, 0.05) is 17.3 Å². The fourth-order valence-corrected chi connectivity index (χ4v) is 2.68. The van der Waals surface area contributed by atoms with Gasteiger partial charge in [-0.1, -0.05) is 46.0 Å². The molecule has 1 aromatic carbocycles. The molecule has 0 bridgehead atoms. The first-order valence-corrected chi connectivity index (χ1v) is 9.49. The number of halogens is 1. The van der Waals surface area contributed by atoms with Gasteiger partial charge in [-0.15, -0.1) is 0 Å². The smallest absolute Gasteiger partial charge is 0.219 e. The van der Waals surface area contributed by atoms with E-state index in [1.54, 1.807) is 6.20 Å². The predicted octanol–water partition coefficient (Wildman–Crippen LogP) is 5.97. The van der Waals surface area contributed by atoms with Gasteiger partial charge >= 0.3 is 0 Å². The molecule has 0 saturated heterocycles. The number of rotatable bonds is 11. The summed E-state index contributed by atoms with van der Waals surface area (Å²) in [6, 6.07) is 7.54. The fourth-order valence-electron chi connectivity index (χ4n) is 2.68. The van der Waals surface area contributed by atoms with Crippen molar-refractivity contribution >= 4 is 0 Å². The average molecular weight is 344 g/mol. The number of hydrogen-bond donors (Lipinski definition) is 0. The highest BCUT2D eigenvalue weighted by molar-refractivity contribution is 5.56. The van der Waals surface area contributed by atoms with E-state index in [9.17, 15) is 4.39 Å². The quantitative estimate of drug-likeness (QED) is 0.372. The van der Waals surface area contributed by atoms with Crippen LogP contribution in [0.5, 0.6) is 5.75 Å². The lowest BCUT2D eigenvalue weighted by Gasteiger charge is -2.07. The molecule has 25 heavy (non-hydrogen) atoms. The van der Waals surface area contributed by atoms with Crippen molar-refractivity contribution in [2.75, 3.05) is 6.61 Å². The topological polar surface area (TPSA) is 35.0 Å². The molecule has 2 aromatic rings. The zero-order valence-electron chi connectivity index (χ0n) is 15.4. The van der Waals surface area contributed by atoms with E-state index in [0.717, 1.165) is 37.2 Å². The van der Waals surface area contributed by atoms with Gasteiger partial charge in [0.1, 0.15) is 5.75 Å². The number of aromatic nitrogens is 2. The summed E-state index contributed by atoms with van der Waals surface area (Å²) in [7, 11) is 0. The molecule has 0 spiro atoms. The molecule has 0 aliphatic heterocycles. The van der Waals surface area contributed by atoms with E-state index in [1.165, 1.54) is 25.7 Å². The molecule has 4 heteroatoms. The highest BCUT2D eigenvalue weighted by Crippen LogP contribution is 2.21. The zero-order valence-corrected chi connectivity index (χ0v) is 15.4. The normalized spacial score (nSPS) is 10.8. The Bertz CT molecular complexity index is 628. The predicted molar refractivity (Wildman–Crippen MR) is 100 cm³/mol. The molecule has 0 unspecified atom stereocenters. The number of unbranched alkanes of at least 4 members (excludes halogenated alkanes) is 5. The van der Waals surface area contributed by atoms with Crippen LogP contribution >= 0.6 is 0 Å². The highest BCUT2D eigenvalue weighted by Gasteiger charge is 2.08. The number of ether oxygens (including phenoxy) is 1. The maximum absolute atomic E-state index is 14.2. The van der Waals surface area contributed by atoms with E-state index in [1.807, 2.05) is 24.3 Å². The van der Waals surface area contributed by atoms with Crippen LogP contribution in [0.3, 0.4) is 0 Å². The third kappa shape index (κ3) is 6.45. The number of aryl methyl sites for hydroxylation is 1. The molecule has 2 rings (SSSR count). The standard InChI is InChI=1S/C21H29FN2O/c1-3-5-7-8-10-18-16-23-21(24-20(18)22)17-11-13-19(14-12-17)25-15-9-6-4-2/h11-14,16H,3-10,15H2,1-2H3. The summed E-state index contributed by atoms with van der Waals surface area (Å²) in [6.45, 7) is 5.06. The molecule has 0 aliphatic rings. The second-order valence-electron chi connectivity index (χ2n) is 6.40. The van der Waals surface area contributed by atoms with Crippen LogP contribution in [0.2, 0.25) is 0 Å². The van der Waals surface area contributed by atoms with Crippen molar-refractivity contribution in [1.82, 2.24) is 9.97 Å². The minimum atomic E-state index is -0.401. The van der Waals surface area contributed by atoms with Gasteiger partial charge in [0.2, 0.25) is 5.95 Å². The lowest BCUT2D eigenvalue weighted by Crippen LogP contribution is -2.00. The van der Waals surface area contributed by atoms with E-state index < -0.39 is 5.95 Å². The van der Waals surface area contributed by atoms with Crippen molar-refractivity contribution in [3.05, 3.63) is 42.0 Å². The van der Waals surface area contributed by atoms with E-state index in [0.29, 0.717) is 17.8 Å². The Morgan fingerprint density at radius 2 is 1.64 bits per heavy atom. The molecule has 3 nitrogen and oxygen atoms in total. The summed E-state index contributed by atoms with van der Waals surface area (Å²) >= 11 is 0. The molecule has 136 valence electrons. The van der Waals surface area contributed by atoms with Crippen molar-refractivity contribution in [1.29, 1.82) is 0 Å². The van der Waals surface area contributed by atoms with E-state index in [2.05, 4.69) is 23.8 Å². The van der Waals surface area contributed by atoms with Crippen molar-refractivity contribution in [3.8, 4) is 17.1 Å². The maximum Gasteiger partial charge on any atom is 0.219 e. The largest absolute Gasteiger partial charge is 0.494 e. The lowest BCUT2D eigenvalue weighted by atomic mass is 10.1. The van der Waals surface area contributed by atoms with Crippen LogP contribution in [-0.4, -0.2) is 16.6 Å². The molecule has 0 N–H and O–H groups in total. The summed E-state index contributed by atoms with van der Waals surface area (Å²) in [5.74, 6) is 0.849. The van der Waals surface area contributed by atoms with Crippen molar-refractivity contribution < 1.29 is 9.13 Å². The zero-order chi connectivity index (χ0) is 17.9. The molecule has 0 atom stereocenters. The first-order valence-electron chi connectivity index (χ1n) is 9.49. The van der Waals surface area contributed by atoms with Gasteiger partial charge in [0.15, 0.2) is 5.82 Å². The maximum atomic E-state index is 14.2. The second-order valence-corrected chi connectivity index (χ2v) is 6.40. The highest BCUT2D eigenvalue weighted by atomic mass is 19.1. The molecule has 0 aliphatic carbocycles. The molecule has 0 fully saturated rings. The molecule has 1 heterocycles.